The van der Waals surface area contributed by atoms with Gasteiger partial charge in [-0.3, -0.25) is 0 Å². The topological polar surface area (TPSA) is 20.2 Å². The second-order valence-corrected chi connectivity index (χ2v) is 5.02. The van der Waals surface area contributed by atoms with E-state index in [1.54, 1.807) is 0 Å². The van der Waals surface area contributed by atoms with Crippen molar-refractivity contribution in [3.63, 3.8) is 0 Å². The van der Waals surface area contributed by atoms with Crippen LogP contribution < -0.4 is 0 Å². The highest BCUT2D eigenvalue weighted by molar-refractivity contribution is 4.87. The third-order valence-electron chi connectivity index (χ3n) is 4.25. The number of hydrogen-bond donors (Lipinski definition) is 1. The van der Waals surface area contributed by atoms with Crippen LogP contribution in [-0.4, -0.2) is 11.2 Å². The monoisotopic (exact) mass is 182 g/mol. The van der Waals surface area contributed by atoms with Crippen molar-refractivity contribution in [1.82, 2.24) is 0 Å². The first-order chi connectivity index (χ1) is 6.31. The fourth-order valence-electron chi connectivity index (χ4n) is 3.41. The van der Waals surface area contributed by atoms with Crippen LogP contribution in [0.1, 0.15) is 51.9 Å². The minimum Gasteiger partial charge on any atom is -0.393 e. The Kier molecular flexibility index (Phi) is 2.92. The Morgan fingerprint density at radius 3 is 2.69 bits per heavy atom. The normalized spacial score (nSPS) is 45.7. The molecule has 1 nitrogen and oxygen atoms in total. The summed E-state index contributed by atoms with van der Waals surface area (Å²) >= 11 is 0. The van der Waals surface area contributed by atoms with Crippen molar-refractivity contribution in [2.24, 2.45) is 17.8 Å². The molecule has 4 atom stereocenters. The van der Waals surface area contributed by atoms with Gasteiger partial charge in [-0.25, -0.2) is 0 Å². The lowest BCUT2D eigenvalue weighted by Crippen LogP contribution is -2.38. The molecular weight excluding hydrogens is 160 g/mol. The van der Waals surface area contributed by atoms with Crippen molar-refractivity contribution >= 4 is 0 Å². The largest absolute Gasteiger partial charge is 0.393 e. The SMILES string of the molecule is CCC1CC(O)C2CCCCC2C1. The highest BCUT2D eigenvalue weighted by atomic mass is 16.3. The molecule has 0 aromatic rings. The number of aliphatic hydroxyl groups excluding tert-OH is 1. The number of hydrogen-bond acceptors (Lipinski definition) is 1. The predicted octanol–water partition coefficient (Wildman–Crippen LogP) is 2.97. The van der Waals surface area contributed by atoms with Gasteiger partial charge in [0.2, 0.25) is 0 Å². The van der Waals surface area contributed by atoms with Crippen molar-refractivity contribution < 1.29 is 5.11 Å². The van der Waals surface area contributed by atoms with E-state index >= 15 is 0 Å². The first-order valence-corrected chi connectivity index (χ1v) is 5.99. The van der Waals surface area contributed by atoms with Gasteiger partial charge in [0, 0.05) is 0 Å². The fourth-order valence-corrected chi connectivity index (χ4v) is 3.41. The Morgan fingerprint density at radius 2 is 1.92 bits per heavy atom. The van der Waals surface area contributed by atoms with Crippen LogP contribution in [0.5, 0.6) is 0 Å². The van der Waals surface area contributed by atoms with Gasteiger partial charge < -0.3 is 5.11 Å². The maximum Gasteiger partial charge on any atom is 0.0573 e. The molecule has 4 unspecified atom stereocenters. The minimum atomic E-state index is 0.0315. The Bertz CT molecular complexity index is 167. The van der Waals surface area contributed by atoms with Gasteiger partial charge in [-0.1, -0.05) is 32.6 Å². The van der Waals surface area contributed by atoms with Crippen LogP contribution >= 0.6 is 0 Å². The summed E-state index contributed by atoms with van der Waals surface area (Å²) in [4.78, 5) is 0. The smallest absolute Gasteiger partial charge is 0.0573 e. The van der Waals surface area contributed by atoms with Gasteiger partial charge >= 0.3 is 0 Å². The van der Waals surface area contributed by atoms with Crippen molar-refractivity contribution in [2.75, 3.05) is 0 Å². The highest BCUT2D eigenvalue weighted by Crippen LogP contribution is 2.43. The standard InChI is InChI=1S/C12H22O/c1-2-9-7-10-5-3-4-6-11(10)12(13)8-9/h9-13H,2-8H2,1H3. The van der Waals surface area contributed by atoms with E-state index in [1.807, 2.05) is 0 Å². The molecule has 2 saturated carbocycles. The minimum absolute atomic E-state index is 0.0315. The zero-order chi connectivity index (χ0) is 9.26. The van der Waals surface area contributed by atoms with Gasteiger partial charge in [0.15, 0.2) is 0 Å². The maximum absolute atomic E-state index is 10.0. The van der Waals surface area contributed by atoms with Gasteiger partial charge in [0.1, 0.15) is 0 Å². The second-order valence-electron chi connectivity index (χ2n) is 5.02. The third kappa shape index (κ3) is 1.90. The van der Waals surface area contributed by atoms with Crippen molar-refractivity contribution in [3.05, 3.63) is 0 Å². The Morgan fingerprint density at radius 1 is 1.15 bits per heavy atom. The van der Waals surface area contributed by atoms with Crippen LogP contribution in [0.4, 0.5) is 0 Å². The third-order valence-corrected chi connectivity index (χ3v) is 4.25. The Hall–Kier alpha value is -0.0400. The molecule has 2 aliphatic rings. The zero-order valence-electron chi connectivity index (χ0n) is 8.71. The van der Waals surface area contributed by atoms with E-state index < -0.39 is 0 Å². The average molecular weight is 182 g/mol. The van der Waals surface area contributed by atoms with Crippen LogP contribution in [0, 0.1) is 17.8 Å². The molecule has 2 rings (SSSR count). The van der Waals surface area contributed by atoms with Gasteiger partial charge in [0.25, 0.3) is 0 Å². The van der Waals surface area contributed by atoms with Gasteiger partial charge in [0.05, 0.1) is 6.10 Å². The van der Waals surface area contributed by atoms with E-state index in [0.717, 1.165) is 18.3 Å². The molecule has 0 heterocycles. The van der Waals surface area contributed by atoms with Gasteiger partial charge in [-0.15, -0.1) is 0 Å². The lowest BCUT2D eigenvalue weighted by molar-refractivity contribution is -0.0143. The molecule has 2 aliphatic carbocycles. The molecule has 13 heavy (non-hydrogen) atoms. The van der Waals surface area contributed by atoms with Crippen molar-refractivity contribution in [3.8, 4) is 0 Å². The average Bonchev–Trinajstić information content (AvgIpc) is 2.18. The number of aliphatic hydroxyl groups is 1. The predicted molar refractivity (Wildman–Crippen MR) is 54.5 cm³/mol. The molecule has 0 amide bonds. The Labute approximate surface area is 81.5 Å². The maximum atomic E-state index is 10.0. The zero-order valence-corrected chi connectivity index (χ0v) is 8.71. The summed E-state index contributed by atoms with van der Waals surface area (Å²) in [5.74, 6) is 2.34. The van der Waals surface area contributed by atoms with E-state index in [4.69, 9.17) is 0 Å². The van der Waals surface area contributed by atoms with E-state index in [1.165, 1.54) is 38.5 Å². The molecule has 1 heteroatoms. The summed E-state index contributed by atoms with van der Waals surface area (Å²) in [5.41, 5.74) is 0. The van der Waals surface area contributed by atoms with E-state index in [2.05, 4.69) is 6.92 Å². The van der Waals surface area contributed by atoms with Crippen molar-refractivity contribution in [1.29, 1.82) is 0 Å². The first-order valence-electron chi connectivity index (χ1n) is 5.99. The number of fused-ring (bicyclic) bond motifs is 1. The first kappa shape index (κ1) is 9.51. The number of rotatable bonds is 1. The lowest BCUT2D eigenvalue weighted by Gasteiger charge is -2.42. The van der Waals surface area contributed by atoms with Crippen LogP contribution in [-0.2, 0) is 0 Å². The molecule has 0 saturated heterocycles. The summed E-state index contributed by atoms with van der Waals surface area (Å²) in [7, 11) is 0. The van der Waals surface area contributed by atoms with Crippen LogP contribution in [0.3, 0.4) is 0 Å². The molecule has 0 aliphatic heterocycles. The summed E-state index contributed by atoms with van der Waals surface area (Å²) in [6.45, 7) is 2.26. The summed E-state index contributed by atoms with van der Waals surface area (Å²) in [6, 6.07) is 0. The molecular formula is C12H22O. The summed E-state index contributed by atoms with van der Waals surface area (Å²) in [5, 5.41) is 10.0. The van der Waals surface area contributed by atoms with E-state index in [-0.39, 0.29) is 6.10 Å². The molecule has 0 bridgehead atoms. The van der Waals surface area contributed by atoms with E-state index in [0.29, 0.717) is 5.92 Å². The van der Waals surface area contributed by atoms with Crippen LogP contribution in [0.15, 0.2) is 0 Å². The molecule has 0 spiro atoms. The van der Waals surface area contributed by atoms with Crippen molar-refractivity contribution in [2.45, 2.75) is 58.0 Å². The molecule has 76 valence electrons. The Balaban J connectivity index is 1.99. The van der Waals surface area contributed by atoms with E-state index in [9.17, 15) is 5.11 Å². The molecule has 0 aromatic heterocycles. The van der Waals surface area contributed by atoms with Gasteiger partial charge in [-0.05, 0) is 37.0 Å². The molecule has 0 aromatic carbocycles. The van der Waals surface area contributed by atoms with Gasteiger partial charge in [-0.2, -0.15) is 0 Å². The summed E-state index contributed by atoms with van der Waals surface area (Å²) < 4.78 is 0. The quantitative estimate of drug-likeness (QED) is 0.661. The van der Waals surface area contributed by atoms with Crippen LogP contribution in [0.2, 0.25) is 0 Å². The highest BCUT2D eigenvalue weighted by Gasteiger charge is 2.37. The molecule has 1 N–H and O–H groups in total. The second kappa shape index (κ2) is 4.00. The molecule has 0 radical (unpaired) electrons. The fraction of sp³-hybridized carbons (Fsp3) is 1.00. The van der Waals surface area contributed by atoms with Crippen LogP contribution in [0.25, 0.3) is 0 Å². The summed E-state index contributed by atoms with van der Waals surface area (Å²) in [6.07, 6.45) is 9.22. The molecule has 2 fully saturated rings. The lowest BCUT2D eigenvalue weighted by atomic mass is 9.65.